The van der Waals surface area contributed by atoms with Gasteiger partial charge in [-0.1, -0.05) is 0 Å². The Bertz CT molecular complexity index is 632. The average molecular weight is 273 g/mol. The Morgan fingerprint density at radius 2 is 2.30 bits per heavy atom. The minimum absolute atomic E-state index is 0.00404. The summed E-state index contributed by atoms with van der Waals surface area (Å²) in [6, 6.07) is 6.52. The van der Waals surface area contributed by atoms with Gasteiger partial charge in [0.25, 0.3) is 0 Å². The molecule has 2 heterocycles. The van der Waals surface area contributed by atoms with Crippen molar-refractivity contribution in [1.29, 1.82) is 0 Å². The zero-order chi connectivity index (χ0) is 14.1. The third-order valence-electron chi connectivity index (χ3n) is 3.48. The van der Waals surface area contributed by atoms with Gasteiger partial charge in [-0.25, -0.2) is 4.39 Å². The third kappa shape index (κ3) is 2.39. The lowest BCUT2D eigenvalue weighted by Crippen LogP contribution is -2.32. The van der Waals surface area contributed by atoms with Gasteiger partial charge in [0.1, 0.15) is 17.7 Å². The highest BCUT2D eigenvalue weighted by molar-refractivity contribution is 5.65. The van der Waals surface area contributed by atoms with E-state index in [-0.39, 0.29) is 11.9 Å². The number of benzene rings is 1. The van der Waals surface area contributed by atoms with Crippen LogP contribution in [0.15, 0.2) is 36.7 Å². The van der Waals surface area contributed by atoms with E-state index < -0.39 is 0 Å². The summed E-state index contributed by atoms with van der Waals surface area (Å²) in [6.45, 7) is 0.685. The molecule has 1 aromatic heterocycles. The molecule has 1 unspecified atom stereocenters. The molecule has 1 aliphatic heterocycles. The second-order valence-corrected chi connectivity index (χ2v) is 5.01. The minimum Gasteiger partial charge on any atom is -0.488 e. The van der Waals surface area contributed by atoms with Gasteiger partial charge in [0, 0.05) is 25.2 Å². The SMILES string of the molecule is CN(CC1Cc2cc(F)ccc2O1)c1ccncc1N. The smallest absolute Gasteiger partial charge is 0.123 e. The van der Waals surface area contributed by atoms with Crippen molar-refractivity contribution in [3.63, 3.8) is 0 Å². The Hall–Kier alpha value is -2.30. The lowest BCUT2D eigenvalue weighted by molar-refractivity contribution is 0.239. The Labute approximate surface area is 117 Å². The van der Waals surface area contributed by atoms with Gasteiger partial charge in [0.15, 0.2) is 0 Å². The van der Waals surface area contributed by atoms with Gasteiger partial charge in [-0.15, -0.1) is 0 Å². The summed E-state index contributed by atoms with van der Waals surface area (Å²) in [5, 5.41) is 0. The number of nitrogens with zero attached hydrogens (tertiary/aromatic N) is 2. The van der Waals surface area contributed by atoms with E-state index in [0.717, 1.165) is 17.0 Å². The van der Waals surface area contributed by atoms with Crippen LogP contribution in [0, 0.1) is 5.82 Å². The molecule has 1 aromatic carbocycles. The van der Waals surface area contributed by atoms with Crippen LogP contribution < -0.4 is 15.4 Å². The predicted molar refractivity (Wildman–Crippen MR) is 76.4 cm³/mol. The maximum Gasteiger partial charge on any atom is 0.123 e. The summed E-state index contributed by atoms with van der Waals surface area (Å²) >= 11 is 0. The van der Waals surface area contributed by atoms with Crippen molar-refractivity contribution >= 4 is 11.4 Å². The molecule has 104 valence electrons. The number of likely N-dealkylation sites (N-methyl/N-ethyl adjacent to an activating group) is 1. The molecule has 0 bridgehead atoms. The normalized spacial score (nSPS) is 16.6. The molecule has 0 saturated heterocycles. The van der Waals surface area contributed by atoms with Gasteiger partial charge in [-0.2, -0.15) is 0 Å². The lowest BCUT2D eigenvalue weighted by Gasteiger charge is -2.23. The summed E-state index contributed by atoms with van der Waals surface area (Å²) in [7, 11) is 1.96. The monoisotopic (exact) mass is 273 g/mol. The minimum atomic E-state index is -0.222. The molecule has 1 aliphatic rings. The number of ether oxygens (including phenoxy) is 1. The first kappa shape index (κ1) is 12.7. The second kappa shape index (κ2) is 5.00. The summed E-state index contributed by atoms with van der Waals surface area (Å²) in [4.78, 5) is 6.01. The molecule has 0 spiro atoms. The van der Waals surface area contributed by atoms with Gasteiger partial charge in [-0.05, 0) is 24.3 Å². The van der Waals surface area contributed by atoms with Crippen LogP contribution in [0.25, 0.3) is 0 Å². The van der Waals surface area contributed by atoms with E-state index in [1.165, 1.54) is 12.1 Å². The number of pyridine rings is 1. The van der Waals surface area contributed by atoms with Crippen LogP contribution in [0.1, 0.15) is 5.56 Å². The number of hydrogen-bond donors (Lipinski definition) is 1. The number of aromatic nitrogens is 1. The first-order valence-electron chi connectivity index (χ1n) is 6.49. The Morgan fingerprint density at radius 1 is 1.45 bits per heavy atom. The van der Waals surface area contributed by atoms with Gasteiger partial charge < -0.3 is 15.4 Å². The van der Waals surface area contributed by atoms with Gasteiger partial charge >= 0.3 is 0 Å². The van der Waals surface area contributed by atoms with Crippen molar-refractivity contribution < 1.29 is 9.13 Å². The Morgan fingerprint density at radius 3 is 3.10 bits per heavy atom. The number of nitrogen functional groups attached to an aromatic ring is 1. The van der Waals surface area contributed by atoms with E-state index in [1.54, 1.807) is 18.5 Å². The van der Waals surface area contributed by atoms with E-state index in [4.69, 9.17) is 10.5 Å². The van der Waals surface area contributed by atoms with Crippen molar-refractivity contribution in [3.05, 3.63) is 48.0 Å². The van der Waals surface area contributed by atoms with Gasteiger partial charge in [0.05, 0.1) is 24.1 Å². The fraction of sp³-hybridized carbons (Fsp3) is 0.267. The van der Waals surface area contributed by atoms with Crippen molar-refractivity contribution in [2.45, 2.75) is 12.5 Å². The number of hydrogen-bond acceptors (Lipinski definition) is 4. The van der Waals surface area contributed by atoms with E-state index in [0.29, 0.717) is 18.7 Å². The Kier molecular flexibility index (Phi) is 3.18. The number of fused-ring (bicyclic) bond motifs is 1. The largest absolute Gasteiger partial charge is 0.488 e. The van der Waals surface area contributed by atoms with E-state index in [9.17, 15) is 4.39 Å². The summed E-state index contributed by atoms with van der Waals surface area (Å²) in [5.41, 5.74) is 8.39. The molecule has 0 radical (unpaired) electrons. The molecule has 0 saturated carbocycles. The molecule has 0 aliphatic carbocycles. The first-order chi connectivity index (χ1) is 9.63. The van der Waals surface area contributed by atoms with Gasteiger partial charge in [-0.3, -0.25) is 4.98 Å². The molecular formula is C15H16FN3O. The maximum atomic E-state index is 13.2. The maximum absolute atomic E-state index is 13.2. The highest BCUT2D eigenvalue weighted by Gasteiger charge is 2.24. The second-order valence-electron chi connectivity index (χ2n) is 5.01. The first-order valence-corrected chi connectivity index (χ1v) is 6.49. The average Bonchev–Trinajstić information content (AvgIpc) is 2.80. The van der Waals surface area contributed by atoms with Crippen molar-refractivity contribution in [1.82, 2.24) is 4.98 Å². The molecule has 3 rings (SSSR count). The fourth-order valence-electron chi connectivity index (χ4n) is 2.54. The molecule has 0 amide bonds. The topological polar surface area (TPSA) is 51.4 Å². The van der Waals surface area contributed by atoms with Gasteiger partial charge in [0.2, 0.25) is 0 Å². The van der Waals surface area contributed by atoms with Crippen LogP contribution >= 0.6 is 0 Å². The molecule has 1 atom stereocenters. The zero-order valence-corrected chi connectivity index (χ0v) is 11.2. The number of nitrogens with two attached hydrogens (primary N) is 1. The molecular weight excluding hydrogens is 257 g/mol. The van der Waals surface area contributed by atoms with Crippen LogP contribution in [-0.4, -0.2) is 24.7 Å². The van der Waals surface area contributed by atoms with Crippen LogP contribution in [0.5, 0.6) is 5.75 Å². The molecule has 5 heteroatoms. The predicted octanol–water partition coefficient (Wildman–Crippen LogP) is 2.24. The van der Waals surface area contributed by atoms with E-state index in [2.05, 4.69) is 4.98 Å². The lowest BCUT2D eigenvalue weighted by atomic mass is 10.1. The number of anilines is 2. The highest BCUT2D eigenvalue weighted by atomic mass is 19.1. The number of rotatable bonds is 3. The van der Waals surface area contributed by atoms with Crippen molar-refractivity contribution in [2.75, 3.05) is 24.2 Å². The Balaban J connectivity index is 1.70. The third-order valence-corrected chi connectivity index (χ3v) is 3.48. The zero-order valence-electron chi connectivity index (χ0n) is 11.2. The molecule has 20 heavy (non-hydrogen) atoms. The molecule has 2 N–H and O–H groups in total. The van der Waals surface area contributed by atoms with Crippen LogP contribution in [0.2, 0.25) is 0 Å². The van der Waals surface area contributed by atoms with E-state index in [1.807, 2.05) is 18.0 Å². The van der Waals surface area contributed by atoms with Crippen molar-refractivity contribution in [2.24, 2.45) is 0 Å². The van der Waals surface area contributed by atoms with Crippen LogP contribution in [0.4, 0.5) is 15.8 Å². The van der Waals surface area contributed by atoms with Crippen LogP contribution in [-0.2, 0) is 6.42 Å². The standard InChI is InChI=1S/C15H16FN3O/c1-19(14-4-5-18-8-13(14)17)9-12-7-10-6-11(16)2-3-15(10)20-12/h2-6,8,12H,7,9,17H2,1H3. The summed E-state index contributed by atoms with van der Waals surface area (Å²) in [6.07, 6.45) is 4.06. The molecule has 4 nitrogen and oxygen atoms in total. The fourth-order valence-corrected chi connectivity index (χ4v) is 2.54. The van der Waals surface area contributed by atoms with Crippen LogP contribution in [0.3, 0.4) is 0 Å². The molecule has 2 aromatic rings. The van der Waals surface area contributed by atoms with Crippen molar-refractivity contribution in [3.8, 4) is 5.75 Å². The number of halogens is 1. The molecule has 0 fully saturated rings. The quantitative estimate of drug-likeness (QED) is 0.932. The highest BCUT2D eigenvalue weighted by Crippen LogP contribution is 2.30. The summed E-state index contributed by atoms with van der Waals surface area (Å²) in [5.74, 6) is 0.548. The van der Waals surface area contributed by atoms with E-state index >= 15 is 0 Å². The summed E-state index contributed by atoms with van der Waals surface area (Å²) < 4.78 is 19.0.